The van der Waals surface area contributed by atoms with Gasteiger partial charge in [-0.25, -0.2) is 14.4 Å². The molecule has 0 amide bonds. The molecule has 12 heteroatoms. The molecule has 0 aliphatic rings. The highest BCUT2D eigenvalue weighted by Gasteiger charge is 2.24. The summed E-state index contributed by atoms with van der Waals surface area (Å²) in [4.78, 5) is 34.0. The van der Waals surface area contributed by atoms with Crippen molar-refractivity contribution in [2.24, 2.45) is 0 Å². The van der Waals surface area contributed by atoms with E-state index in [1.165, 1.54) is 0 Å². The quantitative estimate of drug-likeness (QED) is 0.165. The van der Waals surface area contributed by atoms with Gasteiger partial charge < -0.3 is 28.4 Å². The number of nitriles is 2. The minimum atomic E-state index is -1.06. The van der Waals surface area contributed by atoms with Gasteiger partial charge in [-0.15, -0.1) is 0 Å². The molecule has 0 fully saturated rings. The molecule has 0 aliphatic heterocycles. The van der Waals surface area contributed by atoms with Crippen LogP contribution in [0, 0.1) is 22.7 Å². The van der Waals surface area contributed by atoms with Crippen molar-refractivity contribution >= 4 is 34.2 Å². The summed E-state index contributed by atoms with van der Waals surface area (Å²) in [5, 5.41) is 17.9. The minimum absolute atomic E-state index is 0.0129. The van der Waals surface area contributed by atoms with Crippen molar-refractivity contribution in [2.45, 2.75) is 119 Å². The molecular weight excluding hydrogens is 672 g/mol. The largest absolute Gasteiger partial charge is 0.519 e. The van der Waals surface area contributed by atoms with E-state index in [1.54, 1.807) is 86.6 Å². The van der Waals surface area contributed by atoms with Gasteiger partial charge in [0.15, 0.2) is 0 Å². The number of carbonyl (C=O) groups is 3. The average Bonchev–Trinajstić information content (AvgIpc) is 2.86. The lowest BCUT2D eigenvalue weighted by atomic mass is 10.1. The summed E-state index contributed by atoms with van der Waals surface area (Å²) >= 11 is 3.28. The number of hydrogen-bond acceptors (Lipinski definition) is 11. The lowest BCUT2D eigenvalue weighted by molar-refractivity contribution is -0.0294. The van der Waals surface area contributed by atoms with Gasteiger partial charge in [0, 0.05) is 4.47 Å². The Morgan fingerprint density at radius 1 is 0.638 bits per heavy atom. The van der Waals surface area contributed by atoms with Crippen LogP contribution in [0.15, 0.2) is 40.9 Å². The second-order valence-corrected chi connectivity index (χ2v) is 14.3. The predicted molar refractivity (Wildman–Crippen MR) is 180 cm³/mol. The Bertz CT molecular complexity index is 1410. The van der Waals surface area contributed by atoms with Crippen molar-refractivity contribution in [1.82, 2.24) is 0 Å². The molecule has 0 saturated carbocycles. The van der Waals surface area contributed by atoms with Gasteiger partial charge >= 0.3 is 18.3 Å². The molecule has 11 nitrogen and oxygen atoms in total. The monoisotopic (exact) mass is 718 g/mol. The Hall–Kier alpha value is -4.29. The zero-order valence-electron chi connectivity index (χ0n) is 29.6. The van der Waals surface area contributed by atoms with Gasteiger partial charge in [-0.1, -0.05) is 0 Å². The highest BCUT2D eigenvalue weighted by atomic mass is 79.9. The molecule has 2 aromatic carbocycles. The first-order valence-corrected chi connectivity index (χ1v) is 15.6. The molecule has 47 heavy (non-hydrogen) atoms. The Balaban J connectivity index is 0.000000689. The fraction of sp³-hybridized carbons (Fsp3) is 0.514. The topological polar surface area (TPSA) is 154 Å². The first-order chi connectivity index (χ1) is 21.4. The van der Waals surface area contributed by atoms with Crippen LogP contribution in [-0.4, -0.2) is 47.3 Å². The van der Waals surface area contributed by atoms with Crippen LogP contribution in [0.3, 0.4) is 0 Å². The van der Waals surface area contributed by atoms with Gasteiger partial charge in [0.1, 0.15) is 40.4 Å². The van der Waals surface area contributed by atoms with Crippen LogP contribution in [0.4, 0.5) is 9.59 Å². The van der Waals surface area contributed by atoms with Crippen LogP contribution in [0.5, 0.6) is 11.5 Å². The van der Waals surface area contributed by atoms with Crippen LogP contribution in [0.1, 0.15) is 111 Å². The third-order valence-electron chi connectivity index (χ3n) is 4.48. The van der Waals surface area contributed by atoms with Crippen LogP contribution in [0.2, 0.25) is 0 Å². The number of nitrogens with zero attached hydrogens (tertiary/aromatic N) is 2. The minimum Gasteiger partial charge on any atom is -0.491 e. The Labute approximate surface area is 287 Å². The van der Waals surface area contributed by atoms with E-state index >= 15 is 0 Å². The van der Waals surface area contributed by atoms with E-state index in [1.807, 2.05) is 45.9 Å². The van der Waals surface area contributed by atoms with E-state index in [0.29, 0.717) is 11.3 Å². The van der Waals surface area contributed by atoms with Gasteiger partial charge in [0.25, 0.3) is 0 Å². The molecule has 0 spiro atoms. The number of carbonyl (C=O) groups excluding carboxylic acids is 3. The van der Waals surface area contributed by atoms with Crippen LogP contribution >= 0.6 is 15.9 Å². The third-order valence-corrected chi connectivity index (χ3v) is 5.17. The fourth-order valence-electron chi connectivity index (χ4n) is 3.02. The molecular formula is C35H47BrN2O9. The number of ether oxygens (including phenoxy) is 6. The Morgan fingerprint density at radius 3 is 1.38 bits per heavy atom. The first-order valence-electron chi connectivity index (χ1n) is 14.8. The lowest BCUT2D eigenvalue weighted by Crippen LogP contribution is -2.29. The van der Waals surface area contributed by atoms with Gasteiger partial charge in [-0.3, -0.25) is 0 Å². The second-order valence-electron chi connectivity index (χ2n) is 13.4. The fourth-order valence-corrected chi connectivity index (χ4v) is 3.35. The number of hydrogen-bond donors (Lipinski definition) is 0. The molecule has 0 heterocycles. The smallest absolute Gasteiger partial charge is 0.491 e. The summed E-state index contributed by atoms with van der Waals surface area (Å²) in [5.74, 6) is 0.800. The van der Waals surface area contributed by atoms with Crippen LogP contribution < -0.4 is 9.47 Å². The molecule has 2 rings (SSSR count). The molecule has 0 radical (unpaired) electrons. The highest BCUT2D eigenvalue weighted by Crippen LogP contribution is 2.23. The number of halogens is 1. The first kappa shape index (κ1) is 42.7. The van der Waals surface area contributed by atoms with Gasteiger partial charge in [-0.2, -0.15) is 10.5 Å². The molecule has 0 bridgehead atoms. The molecule has 0 aromatic heterocycles. The molecule has 2 aromatic rings. The molecule has 0 unspecified atom stereocenters. The second kappa shape index (κ2) is 18.8. The number of esters is 1. The van der Waals surface area contributed by atoms with Crippen molar-refractivity contribution in [3.63, 3.8) is 0 Å². The third kappa shape index (κ3) is 20.5. The predicted octanol–water partition coefficient (Wildman–Crippen LogP) is 9.28. The van der Waals surface area contributed by atoms with Crippen molar-refractivity contribution in [3.05, 3.63) is 57.6 Å². The normalized spacial score (nSPS) is 10.9. The SMILES string of the molecule is CC(C)(C)OC(=O)OC(=O)OC(C)(C)C.CC(C)Oc1ccc(Br)c(C#N)c1.CC(C)Oc1ccc(C(=O)OC(C)(C)C)c(C#N)c1. The zero-order valence-corrected chi connectivity index (χ0v) is 31.2. The van der Waals surface area contributed by atoms with Crippen LogP contribution in [0.25, 0.3) is 0 Å². The van der Waals surface area contributed by atoms with E-state index in [0.717, 1.165) is 10.2 Å². The Kier molecular flexibility index (Phi) is 17.0. The number of rotatable bonds is 5. The number of benzene rings is 2. The average molecular weight is 720 g/mol. The van der Waals surface area contributed by atoms with Crippen molar-refractivity contribution in [1.29, 1.82) is 10.5 Å². The van der Waals surface area contributed by atoms with Crippen molar-refractivity contribution in [3.8, 4) is 23.6 Å². The summed E-state index contributed by atoms with van der Waals surface area (Å²) in [6, 6.07) is 14.2. The van der Waals surface area contributed by atoms with E-state index in [9.17, 15) is 14.4 Å². The lowest BCUT2D eigenvalue weighted by Gasteiger charge is -2.20. The van der Waals surface area contributed by atoms with Gasteiger partial charge in [0.2, 0.25) is 0 Å². The van der Waals surface area contributed by atoms with Gasteiger partial charge in [-0.05, 0) is 142 Å². The van der Waals surface area contributed by atoms with E-state index < -0.39 is 35.1 Å². The maximum absolute atomic E-state index is 12.0. The summed E-state index contributed by atoms with van der Waals surface area (Å²) in [6.07, 6.45) is -1.97. The molecule has 0 saturated heterocycles. The summed E-state index contributed by atoms with van der Waals surface area (Å²) in [5.41, 5.74) is -0.867. The maximum atomic E-state index is 12.0. The molecule has 258 valence electrons. The highest BCUT2D eigenvalue weighted by molar-refractivity contribution is 9.10. The maximum Gasteiger partial charge on any atom is 0.519 e. The van der Waals surface area contributed by atoms with E-state index in [-0.39, 0.29) is 23.3 Å². The summed E-state index contributed by atoms with van der Waals surface area (Å²) < 4.78 is 30.8. The molecule has 0 aliphatic carbocycles. The Morgan fingerprint density at radius 2 is 1.02 bits per heavy atom. The molecule has 0 atom stereocenters. The zero-order chi connectivity index (χ0) is 36.8. The summed E-state index contributed by atoms with van der Waals surface area (Å²) in [7, 11) is 0. The van der Waals surface area contributed by atoms with Crippen molar-refractivity contribution in [2.75, 3.05) is 0 Å². The van der Waals surface area contributed by atoms with Crippen LogP contribution in [-0.2, 0) is 18.9 Å². The standard InChI is InChI=1S/C15H19NO3.C10H10BrNO.C10H18O5/c1-10(2)18-12-6-7-13(11(8-12)9-16)14(17)19-15(3,4)5;1-7(2)13-9-3-4-10(11)8(5-9)6-12;1-9(2,3)14-7(11)13-8(12)15-10(4,5)6/h6-8,10H,1-5H3;3-5,7H,1-2H3;1-6H3. The molecule has 0 N–H and O–H groups in total. The van der Waals surface area contributed by atoms with E-state index in [4.69, 9.17) is 34.2 Å². The summed E-state index contributed by atoms with van der Waals surface area (Å²) in [6.45, 7) is 23.1. The van der Waals surface area contributed by atoms with Gasteiger partial charge in [0.05, 0.1) is 28.9 Å². The van der Waals surface area contributed by atoms with E-state index in [2.05, 4.69) is 26.7 Å². The van der Waals surface area contributed by atoms with Crippen molar-refractivity contribution < 1.29 is 42.8 Å².